The van der Waals surface area contributed by atoms with Crippen molar-refractivity contribution in [1.29, 1.82) is 0 Å². The number of cyclic esters (lactones) is 2. The Morgan fingerprint density at radius 1 is 0.712 bits per heavy atom. The number of pyridine rings is 2. The van der Waals surface area contributed by atoms with E-state index < -0.39 is 11.8 Å². The van der Waals surface area contributed by atoms with Crippen LogP contribution in [-0.2, 0) is 32.2 Å². The van der Waals surface area contributed by atoms with Gasteiger partial charge in [0.1, 0.15) is 36.1 Å². The molecule has 0 unspecified atom stereocenters. The maximum Gasteiger partial charge on any atom is 0.307 e. The molecule has 0 bridgehead atoms. The lowest BCUT2D eigenvalue weighted by atomic mass is 9.94. The normalized spacial score (nSPS) is 16.6. The van der Waals surface area contributed by atoms with Crippen LogP contribution in [0, 0.1) is 13.8 Å². The van der Waals surface area contributed by atoms with Crippen LogP contribution in [0.5, 0.6) is 11.5 Å². The van der Waals surface area contributed by atoms with Gasteiger partial charge in [-0.2, -0.15) is 0 Å². The van der Waals surface area contributed by atoms with E-state index in [-0.39, 0.29) is 35.4 Å². The van der Waals surface area contributed by atoms with E-state index in [0.717, 1.165) is 33.4 Å². The highest BCUT2D eigenvalue weighted by Crippen LogP contribution is 2.34. The number of nitrogens with zero attached hydrogens (tertiary/aromatic N) is 2. The second kappa shape index (κ2) is 16.0. The van der Waals surface area contributed by atoms with E-state index in [1.165, 1.54) is 14.2 Å². The maximum atomic E-state index is 13.4. The van der Waals surface area contributed by atoms with E-state index in [9.17, 15) is 19.2 Å². The molecule has 2 aromatic heterocycles. The number of aromatic nitrogens is 2. The SMILES string of the molecule is COc1cc(C(=O)Nc2cccc(-c3cccc(NC(=O)c4cc(OC)c(CN[C@H]5COC(=O)C5)cn4)c3C)c2C)ncc1CN[C@H]1COC(=O)C1. The molecule has 2 aliphatic rings. The topological polar surface area (TPSA) is 179 Å². The van der Waals surface area contributed by atoms with E-state index in [1.54, 1.807) is 24.5 Å². The molecule has 4 aromatic rings. The molecule has 2 atom stereocenters. The van der Waals surface area contributed by atoms with Crippen LogP contribution in [0.2, 0.25) is 0 Å². The quantitative estimate of drug-likeness (QED) is 0.147. The van der Waals surface area contributed by atoms with Gasteiger partial charge in [0.05, 0.1) is 39.1 Å². The molecule has 2 fully saturated rings. The lowest BCUT2D eigenvalue weighted by Crippen LogP contribution is -2.29. The second-order valence-corrected chi connectivity index (χ2v) is 12.6. The summed E-state index contributed by atoms with van der Waals surface area (Å²) in [5, 5.41) is 12.5. The van der Waals surface area contributed by atoms with Crippen molar-refractivity contribution in [3.63, 3.8) is 0 Å². The van der Waals surface area contributed by atoms with Crippen LogP contribution in [0.3, 0.4) is 0 Å². The molecule has 2 saturated heterocycles. The fourth-order valence-electron chi connectivity index (χ4n) is 6.12. The number of ether oxygens (including phenoxy) is 4. The van der Waals surface area contributed by atoms with E-state index in [2.05, 4.69) is 31.2 Å². The van der Waals surface area contributed by atoms with Crippen LogP contribution in [-0.4, -0.2) is 73.2 Å². The highest BCUT2D eigenvalue weighted by atomic mass is 16.5. The number of hydrogen-bond acceptors (Lipinski definition) is 12. The van der Waals surface area contributed by atoms with Gasteiger partial charge in [0.2, 0.25) is 0 Å². The minimum atomic E-state index is -0.405. The van der Waals surface area contributed by atoms with Crippen molar-refractivity contribution in [1.82, 2.24) is 20.6 Å². The largest absolute Gasteiger partial charge is 0.496 e. The molecule has 14 heteroatoms. The lowest BCUT2D eigenvalue weighted by molar-refractivity contribution is -0.138. The van der Waals surface area contributed by atoms with Crippen LogP contribution < -0.4 is 30.7 Å². The second-order valence-electron chi connectivity index (χ2n) is 12.6. The molecule has 270 valence electrons. The molecular formula is C38H40N6O8. The van der Waals surface area contributed by atoms with Crippen LogP contribution >= 0.6 is 0 Å². The van der Waals surface area contributed by atoms with Crippen LogP contribution in [0.1, 0.15) is 56.1 Å². The van der Waals surface area contributed by atoms with Gasteiger partial charge >= 0.3 is 11.9 Å². The van der Waals surface area contributed by atoms with Gasteiger partial charge in [-0.15, -0.1) is 0 Å². The van der Waals surface area contributed by atoms with Crippen molar-refractivity contribution in [2.45, 2.75) is 51.9 Å². The number of amides is 2. The molecule has 2 aliphatic heterocycles. The first-order valence-electron chi connectivity index (χ1n) is 16.8. The van der Waals surface area contributed by atoms with E-state index in [0.29, 0.717) is 62.0 Å². The first-order valence-corrected chi connectivity index (χ1v) is 16.8. The van der Waals surface area contributed by atoms with Crippen LogP contribution in [0.4, 0.5) is 11.4 Å². The summed E-state index contributed by atoms with van der Waals surface area (Å²) in [4.78, 5) is 58.3. The first-order chi connectivity index (χ1) is 25.1. The third-order valence-corrected chi connectivity index (χ3v) is 9.13. The van der Waals surface area contributed by atoms with Gasteiger partial charge in [0.15, 0.2) is 0 Å². The summed E-state index contributed by atoms with van der Waals surface area (Å²) in [5.41, 5.74) is 6.46. The Kier molecular flexibility index (Phi) is 11.1. The molecule has 0 radical (unpaired) electrons. The van der Waals surface area contributed by atoms with Crippen molar-refractivity contribution >= 4 is 35.1 Å². The van der Waals surface area contributed by atoms with Gasteiger partial charge in [-0.3, -0.25) is 29.1 Å². The predicted octanol–water partition coefficient (Wildman–Crippen LogP) is 4.09. The highest BCUT2D eigenvalue weighted by Gasteiger charge is 2.25. The third-order valence-electron chi connectivity index (χ3n) is 9.13. The molecule has 0 spiro atoms. The minimum absolute atomic E-state index is 0.0869. The summed E-state index contributed by atoms with van der Waals surface area (Å²) in [5.74, 6) is -0.291. The summed E-state index contributed by atoms with van der Waals surface area (Å²) >= 11 is 0. The van der Waals surface area contributed by atoms with Gasteiger partial charge in [0, 0.05) is 60.1 Å². The van der Waals surface area contributed by atoms with Gasteiger partial charge in [0.25, 0.3) is 11.8 Å². The van der Waals surface area contributed by atoms with Crippen molar-refractivity contribution in [3.05, 3.63) is 94.6 Å². The average Bonchev–Trinajstić information content (AvgIpc) is 3.78. The fraction of sp³-hybridized carbons (Fsp3) is 0.316. The van der Waals surface area contributed by atoms with E-state index >= 15 is 0 Å². The van der Waals surface area contributed by atoms with Crippen molar-refractivity contribution in [2.75, 3.05) is 38.1 Å². The van der Waals surface area contributed by atoms with Crippen LogP contribution in [0.15, 0.2) is 60.9 Å². The number of methoxy groups -OCH3 is 2. The van der Waals surface area contributed by atoms with Gasteiger partial charge in [-0.05, 0) is 48.2 Å². The zero-order valence-electron chi connectivity index (χ0n) is 29.3. The van der Waals surface area contributed by atoms with Gasteiger partial charge in [-0.1, -0.05) is 24.3 Å². The third kappa shape index (κ3) is 8.19. The van der Waals surface area contributed by atoms with Gasteiger partial charge < -0.3 is 40.2 Å². The summed E-state index contributed by atoms with van der Waals surface area (Å²) in [6.45, 7) is 5.26. The number of hydrogen-bond donors (Lipinski definition) is 4. The molecule has 2 aromatic carbocycles. The Morgan fingerprint density at radius 2 is 1.13 bits per heavy atom. The number of esters is 2. The van der Waals surface area contributed by atoms with Crippen molar-refractivity contribution in [3.8, 4) is 22.6 Å². The highest BCUT2D eigenvalue weighted by molar-refractivity contribution is 6.05. The van der Waals surface area contributed by atoms with E-state index in [4.69, 9.17) is 18.9 Å². The summed E-state index contributed by atoms with van der Waals surface area (Å²) in [6, 6.07) is 14.3. The minimum Gasteiger partial charge on any atom is -0.496 e. The summed E-state index contributed by atoms with van der Waals surface area (Å²) in [7, 11) is 3.05. The first kappa shape index (κ1) is 35.9. The molecule has 14 nitrogen and oxygen atoms in total. The molecule has 2 amide bonds. The maximum absolute atomic E-state index is 13.4. The lowest BCUT2D eigenvalue weighted by Gasteiger charge is -2.17. The standard InChI is InChI=1S/C38H40N6O8/c1-21-27(7-5-9-29(21)43-37(47)31-13-33(49-3)23(17-41-31)15-39-25-11-35(45)51-19-25)28-8-6-10-30(22(28)2)44-38(48)32-14-34(50-4)24(18-42-32)16-40-26-12-36(46)52-20-26/h5-10,13-14,17-18,25-26,39-40H,11-12,15-16,19-20H2,1-4H3,(H,43,47)(H,44,48)/t25-,26-/m1/s1. The monoisotopic (exact) mass is 708 g/mol. The smallest absolute Gasteiger partial charge is 0.307 e. The average molecular weight is 709 g/mol. The Balaban J connectivity index is 1.13. The number of rotatable bonds is 13. The Morgan fingerprint density at radius 3 is 1.50 bits per heavy atom. The predicted molar refractivity (Wildman–Crippen MR) is 191 cm³/mol. The molecule has 0 aliphatic carbocycles. The Labute approximate surface area is 300 Å². The summed E-state index contributed by atoms with van der Waals surface area (Å²) < 4.78 is 21.1. The van der Waals surface area contributed by atoms with Crippen LogP contribution in [0.25, 0.3) is 11.1 Å². The van der Waals surface area contributed by atoms with Gasteiger partial charge in [-0.25, -0.2) is 0 Å². The van der Waals surface area contributed by atoms with Crippen molar-refractivity contribution in [2.24, 2.45) is 0 Å². The zero-order chi connectivity index (χ0) is 36.8. The number of carbonyl (C=O) groups is 4. The molecule has 4 N–H and O–H groups in total. The summed E-state index contributed by atoms with van der Waals surface area (Å²) in [6.07, 6.45) is 3.77. The zero-order valence-corrected chi connectivity index (χ0v) is 29.3. The number of carbonyl (C=O) groups excluding carboxylic acids is 4. The Hall–Kier alpha value is -5.86. The molecule has 6 rings (SSSR count). The number of benzene rings is 2. The molecule has 52 heavy (non-hydrogen) atoms. The molecular weight excluding hydrogens is 668 g/mol. The fourth-order valence-corrected chi connectivity index (χ4v) is 6.12. The Bertz CT molecular complexity index is 1870. The number of anilines is 2. The molecule has 4 heterocycles. The van der Waals surface area contributed by atoms with E-state index in [1.807, 2.05) is 50.2 Å². The number of nitrogens with one attached hydrogen (secondary N) is 4. The molecule has 0 saturated carbocycles. The van der Waals surface area contributed by atoms with Crippen molar-refractivity contribution < 1.29 is 38.1 Å².